The minimum absolute atomic E-state index is 0.0515. The predicted molar refractivity (Wildman–Crippen MR) is 112 cm³/mol. The number of aryl methyl sites for hydroxylation is 1. The minimum Gasteiger partial charge on any atom is -0.282 e. The van der Waals surface area contributed by atoms with Crippen LogP contribution in [0.2, 0.25) is 0 Å². The largest absolute Gasteiger partial charge is 0.294 e. The molecule has 1 aliphatic rings. The second-order valence-corrected chi connectivity index (χ2v) is 8.99. The summed E-state index contributed by atoms with van der Waals surface area (Å²) in [7, 11) is -4.15. The summed E-state index contributed by atoms with van der Waals surface area (Å²) in [4.78, 5) is -0.0515. The Morgan fingerprint density at radius 2 is 1.54 bits per heavy atom. The van der Waals surface area contributed by atoms with E-state index in [-0.39, 0.29) is 4.90 Å². The molecule has 0 amide bonds. The number of benzene rings is 4. The van der Waals surface area contributed by atoms with E-state index in [1.54, 1.807) is 0 Å². The van der Waals surface area contributed by atoms with Crippen molar-refractivity contribution in [3.63, 3.8) is 0 Å². The molecule has 0 aliphatic heterocycles. The monoisotopic (exact) mass is 388 g/mol. The zero-order valence-electron chi connectivity index (χ0n) is 15.3. The molecule has 0 aromatic heterocycles. The van der Waals surface area contributed by atoms with E-state index in [1.165, 1.54) is 44.8 Å². The molecule has 4 aromatic carbocycles. The summed E-state index contributed by atoms with van der Waals surface area (Å²) in [5.74, 6) is 0.347. The van der Waals surface area contributed by atoms with Gasteiger partial charge in [0.1, 0.15) is 0 Å². The van der Waals surface area contributed by atoms with Gasteiger partial charge < -0.3 is 0 Å². The van der Waals surface area contributed by atoms with Gasteiger partial charge in [-0.2, -0.15) is 8.42 Å². The van der Waals surface area contributed by atoms with E-state index in [1.807, 2.05) is 12.1 Å². The predicted octanol–water partition coefficient (Wildman–Crippen LogP) is 5.51. The maximum Gasteiger partial charge on any atom is 0.294 e. The quantitative estimate of drug-likeness (QED) is 0.364. The molecule has 0 saturated carbocycles. The van der Waals surface area contributed by atoms with Crippen molar-refractivity contribution < 1.29 is 13.0 Å². The highest BCUT2D eigenvalue weighted by Gasteiger charge is 2.22. The first kappa shape index (κ1) is 17.4. The third-order valence-corrected chi connectivity index (χ3v) is 6.86. The number of fused-ring (bicyclic) bond motifs is 5. The normalized spacial score (nSPS) is 17.0. The van der Waals surface area contributed by atoms with Crippen LogP contribution in [0, 0.1) is 0 Å². The number of rotatable bonds is 2. The Morgan fingerprint density at radius 3 is 2.32 bits per heavy atom. The Balaban J connectivity index is 1.57. The van der Waals surface area contributed by atoms with Crippen molar-refractivity contribution in [3.8, 4) is 0 Å². The number of hydrogen-bond donors (Lipinski definition) is 1. The van der Waals surface area contributed by atoms with Gasteiger partial charge in [0.05, 0.1) is 4.90 Å². The van der Waals surface area contributed by atoms with Crippen LogP contribution in [-0.4, -0.2) is 13.0 Å². The van der Waals surface area contributed by atoms with Crippen molar-refractivity contribution in [1.29, 1.82) is 0 Å². The SMILES string of the molecule is O=S(=O)(O)c1ccc(C2CCc3ccc4c(ccc5ccccc54)c3C2)cc1. The van der Waals surface area contributed by atoms with Gasteiger partial charge >= 0.3 is 0 Å². The lowest BCUT2D eigenvalue weighted by atomic mass is 9.78. The standard InChI is InChI=1S/C24H20O3S/c25-28(26,27)20-11-7-16(8-12-20)19-6-5-18-10-13-22-21-4-2-1-3-17(21)9-14-23(22)24(18)15-19/h1-4,7-14,19H,5-6,15H2,(H,25,26,27). The van der Waals surface area contributed by atoms with Crippen LogP contribution in [0.4, 0.5) is 0 Å². The van der Waals surface area contributed by atoms with Crippen LogP contribution in [0.15, 0.2) is 77.7 Å². The summed E-state index contributed by atoms with van der Waals surface area (Å²) in [6, 6.07) is 24.1. The van der Waals surface area contributed by atoms with E-state index in [2.05, 4.69) is 48.5 Å². The highest BCUT2D eigenvalue weighted by molar-refractivity contribution is 7.85. The van der Waals surface area contributed by atoms with Gasteiger partial charge in [-0.15, -0.1) is 0 Å². The maximum atomic E-state index is 11.3. The topological polar surface area (TPSA) is 54.4 Å². The van der Waals surface area contributed by atoms with Crippen LogP contribution in [-0.2, 0) is 23.0 Å². The molecule has 140 valence electrons. The van der Waals surface area contributed by atoms with Crippen LogP contribution in [0.1, 0.15) is 29.0 Å². The summed E-state index contributed by atoms with van der Waals surface area (Å²) < 4.78 is 31.8. The molecule has 1 N–H and O–H groups in total. The van der Waals surface area contributed by atoms with Crippen LogP contribution >= 0.6 is 0 Å². The van der Waals surface area contributed by atoms with Gasteiger partial charge in [0.25, 0.3) is 10.1 Å². The average molecular weight is 388 g/mol. The molecule has 4 heteroatoms. The molecule has 5 rings (SSSR count). The van der Waals surface area contributed by atoms with Crippen molar-refractivity contribution in [1.82, 2.24) is 0 Å². The van der Waals surface area contributed by atoms with Crippen molar-refractivity contribution in [2.75, 3.05) is 0 Å². The molecule has 28 heavy (non-hydrogen) atoms. The van der Waals surface area contributed by atoms with Gasteiger partial charge in [-0.05, 0) is 75.5 Å². The average Bonchev–Trinajstić information content (AvgIpc) is 2.72. The second-order valence-electron chi connectivity index (χ2n) is 7.57. The molecule has 1 atom stereocenters. The van der Waals surface area contributed by atoms with Gasteiger partial charge in [-0.3, -0.25) is 4.55 Å². The van der Waals surface area contributed by atoms with E-state index in [9.17, 15) is 13.0 Å². The Kier molecular flexibility index (Phi) is 4.00. The summed E-state index contributed by atoms with van der Waals surface area (Å²) in [6.45, 7) is 0. The molecule has 0 bridgehead atoms. The fraction of sp³-hybridized carbons (Fsp3) is 0.167. The van der Waals surface area contributed by atoms with Gasteiger partial charge in [-0.1, -0.05) is 60.7 Å². The zero-order valence-corrected chi connectivity index (χ0v) is 16.1. The van der Waals surface area contributed by atoms with Gasteiger partial charge in [-0.25, -0.2) is 0 Å². The summed E-state index contributed by atoms with van der Waals surface area (Å²) in [6.07, 6.45) is 3.00. The van der Waals surface area contributed by atoms with E-state index in [0.29, 0.717) is 5.92 Å². The minimum atomic E-state index is -4.15. The lowest BCUT2D eigenvalue weighted by molar-refractivity contribution is 0.483. The van der Waals surface area contributed by atoms with Crippen molar-refractivity contribution >= 4 is 31.7 Å². The molecule has 3 nitrogen and oxygen atoms in total. The lowest BCUT2D eigenvalue weighted by Gasteiger charge is -2.26. The molecule has 0 spiro atoms. The number of hydrogen-bond acceptors (Lipinski definition) is 2. The summed E-state index contributed by atoms with van der Waals surface area (Å²) in [5, 5.41) is 5.14. The molecule has 4 aromatic rings. The summed E-state index contributed by atoms with van der Waals surface area (Å²) >= 11 is 0. The molecule has 1 aliphatic carbocycles. The van der Waals surface area contributed by atoms with Crippen molar-refractivity contribution in [2.24, 2.45) is 0 Å². The third-order valence-electron chi connectivity index (χ3n) is 6.00. The van der Waals surface area contributed by atoms with Crippen molar-refractivity contribution in [2.45, 2.75) is 30.1 Å². The highest BCUT2D eigenvalue weighted by atomic mass is 32.2. The first-order valence-electron chi connectivity index (χ1n) is 9.50. The van der Waals surface area contributed by atoms with E-state index < -0.39 is 10.1 Å². The molecule has 0 fully saturated rings. The Morgan fingerprint density at radius 1 is 0.786 bits per heavy atom. The molecular weight excluding hydrogens is 368 g/mol. The first-order chi connectivity index (χ1) is 13.5. The molecule has 1 unspecified atom stereocenters. The van der Waals surface area contributed by atoms with E-state index in [4.69, 9.17) is 0 Å². The fourth-order valence-electron chi connectivity index (χ4n) is 4.55. The summed E-state index contributed by atoms with van der Waals surface area (Å²) in [5.41, 5.74) is 3.93. The second kappa shape index (κ2) is 6.43. The van der Waals surface area contributed by atoms with E-state index >= 15 is 0 Å². The smallest absolute Gasteiger partial charge is 0.282 e. The highest BCUT2D eigenvalue weighted by Crippen LogP contribution is 2.38. The maximum absolute atomic E-state index is 11.3. The molecular formula is C24H20O3S. The van der Waals surface area contributed by atoms with Crippen LogP contribution < -0.4 is 0 Å². The van der Waals surface area contributed by atoms with Crippen molar-refractivity contribution in [3.05, 3.63) is 89.5 Å². The fourth-order valence-corrected chi connectivity index (χ4v) is 5.03. The van der Waals surface area contributed by atoms with Gasteiger partial charge in [0.15, 0.2) is 0 Å². The first-order valence-corrected chi connectivity index (χ1v) is 10.9. The van der Waals surface area contributed by atoms with E-state index in [0.717, 1.165) is 24.8 Å². The van der Waals surface area contributed by atoms with Gasteiger partial charge in [0.2, 0.25) is 0 Å². The molecule has 0 heterocycles. The van der Waals surface area contributed by atoms with Crippen LogP contribution in [0.5, 0.6) is 0 Å². The van der Waals surface area contributed by atoms with Crippen LogP contribution in [0.25, 0.3) is 21.5 Å². The third kappa shape index (κ3) is 2.89. The van der Waals surface area contributed by atoms with Crippen LogP contribution in [0.3, 0.4) is 0 Å². The Labute approximate surface area is 164 Å². The molecule has 0 saturated heterocycles. The Bertz CT molecular complexity index is 1310. The van der Waals surface area contributed by atoms with Gasteiger partial charge in [0, 0.05) is 0 Å². The lowest BCUT2D eigenvalue weighted by Crippen LogP contribution is -2.13. The molecule has 0 radical (unpaired) electrons. The zero-order chi connectivity index (χ0) is 19.3. The Hall–Kier alpha value is -2.69.